The Hall–Kier alpha value is -3.80. The maximum Gasteiger partial charge on any atom is 0.261 e. The zero-order valence-corrected chi connectivity index (χ0v) is 27.3. The number of hydrogen-bond donors (Lipinski definition) is 2. The summed E-state index contributed by atoms with van der Waals surface area (Å²) in [6.07, 6.45) is 0. The lowest BCUT2D eigenvalue weighted by atomic mass is 10.1. The Labute approximate surface area is 257 Å². The van der Waals surface area contributed by atoms with Gasteiger partial charge in [0, 0.05) is 11.1 Å². The summed E-state index contributed by atoms with van der Waals surface area (Å²) in [6.45, 7) is 6.80. The number of Topliss-reactive ketones (excluding diaryl/α,β-unsaturated/α-hetero) is 2. The van der Waals surface area contributed by atoms with Gasteiger partial charge in [0.1, 0.15) is 0 Å². The highest BCUT2D eigenvalue weighted by Gasteiger charge is 2.17. The zero-order valence-electron chi connectivity index (χ0n) is 24.0. The molecule has 0 saturated heterocycles. The van der Waals surface area contributed by atoms with Crippen LogP contribution in [0.2, 0.25) is 0 Å². The molecule has 4 rings (SSSR count). The minimum Gasteiger partial charge on any atom is -0.294 e. The van der Waals surface area contributed by atoms with Gasteiger partial charge in [-0.3, -0.25) is 19.0 Å². The lowest BCUT2D eigenvalue weighted by molar-refractivity contribution is 0.101. The van der Waals surface area contributed by atoms with Gasteiger partial charge in [-0.2, -0.15) is 0 Å². The van der Waals surface area contributed by atoms with Crippen LogP contribution < -0.4 is 9.44 Å². The van der Waals surface area contributed by atoms with Gasteiger partial charge in [-0.05, 0) is 68.2 Å². The maximum absolute atomic E-state index is 12.2. The van der Waals surface area contributed by atoms with Gasteiger partial charge in [-0.25, -0.2) is 16.8 Å². The van der Waals surface area contributed by atoms with Crippen molar-refractivity contribution in [3.8, 4) is 0 Å². The van der Waals surface area contributed by atoms with E-state index in [-0.39, 0.29) is 21.4 Å². The van der Waals surface area contributed by atoms with Crippen LogP contribution in [0.15, 0.2) is 119 Å². The van der Waals surface area contributed by atoms with Gasteiger partial charge in [0.25, 0.3) is 20.0 Å². The van der Waals surface area contributed by atoms with Crippen LogP contribution in [0.5, 0.6) is 0 Å². The molecule has 8 nitrogen and oxygen atoms in total. The summed E-state index contributed by atoms with van der Waals surface area (Å²) in [7, 11) is -7.34. The van der Waals surface area contributed by atoms with Crippen molar-refractivity contribution in [1.29, 1.82) is 0 Å². The monoisotopic (exact) mass is 674 g/mol. The molecule has 0 aliphatic carbocycles. The lowest BCUT2D eigenvalue weighted by Gasteiger charge is -2.10. The first-order chi connectivity index (χ1) is 20.0. The summed E-state index contributed by atoms with van der Waals surface area (Å²) in [5, 5.41) is 0. The summed E-state index contributed by atoms with van der Waals surface area (Å²) in [6, 6.07) is 29.1. The first-order valence-electron chi connectivity index (χ1n) is 12.7. The van der Waals surface area contributed by atoms with Crippen LogP contribution in [0.1, 0.15) is 48.4 Å². The van der Waals surface area contributed by atoms with E-state index in [9.17, 15) is 26.4 Å². The Morgan fingerprint density at radius 3 is 1.05 bits per heavy atom. The smallest absolute Gasteiger partial charge is 0.261 e. The number of carbonyl (C=O) groups is 2. The highest BCUT2D eigenvalue weighted by atomic mass is 79.9. The molecule has 0 heterocycles. The summed E-state index contributed by atoms with van der Waals surface area (Å²) in [4.78, 5) is 23.2. The number of carbonyl (C=O) groups excluding carboxylic acids is 2. The average molecular weight is 676 g/mol. The van der Waals surface area contributed by atoms with Gasteiger partial charge in [-0.1, -0.05) is 90.4 Å². The van der Waals surface area contributed by atoms with E-state index < -0.39 is 20.0 Å². The molecular formula is C31H35BrN2O6S2. The predicted molar refractivity (Wildman–Crippen MR) is 174 cm³/mol. The molecule has 0 saturated carbocycles. The van der Waals surface area contributed by atoms with Crippen LogP contribution in [-0.4, -0.2) is 34.2 Å². The molecule has 2 N–H and O–H groups in total. The summed E-state index contributed by atoms with van der Waals surface area (Å²) >= 11 is 2.94. The number of anilines is 2. The summed E-state index contributed by atoms with van der Waals surface area (Å²) in [5.74, 6) is 1.44. The highest BCUT2D eigenvalue weighted by molar-refractivity contribution is 9.08. The second kappa shape index (κ2) is 17.9. The molecule has 42 heavy (non-hydrogen) atoms. The van der Waals surface area contributed by atoms with Crippen LogP contribution in [0.4, 0.5) is 11.4 Å². The Bertz CT molecular complexity index is 1520. The van der Waals surface area contributed by atoms with E-state index in [1.807, 2.05) is 19.7 Å². The molecule has 4 aromatic rings. The summed E-state index contributed by atoms with van der Waals surface area (Å²) in [5.41, 5.74) is 1.28. The highest BCUT2D eigenvalue weighted by Crippen LogP contribution is 2.21. The molecule has 0 amide bonds. The van der Waals surface area contributed by atoms with Gasteiger partial charge >= 0.3 is 0 Å². The molecule has 0 aromatic heterocycles. The minimum absolute atomic E-state index is 0.161. The SMILES string of the molecule is CBr.CC.CC(=O)c1ccccc1NS(=O)(=O)c1ccccc1.CC(=O)c1ccccc1NS(=O)(=O)c1ccccc1. The van der Waals surface area contributed by atoms with Crippen LogP contribution in [-0.2, 0) is 20.0 Å². The minimum atomic E-state index is -3.67. The van der Waals surface area contributed by atoms with Crippen molar-refractivity contribution in [2.75, 3.05) is 15.3 Å². The Morgan fingerprint density at radius 1 is 0.500 bits per heavy atom. The van der Waals surface area contributed by atoms with Crippen LogP contribution in [0.3, 0.4) is 0 Å². The molecule has 0 radical (unpaired) electrons. The van der Waals surface area contributed by atoms with E-state index in [0.29, 0.717) is 22.5 Å². The van der Waals surface area contributed by atoms with E-state index >= 15 is 0 Å². The fourth-order valence-electron chi connectivity index (χ4n) is 3.36. The molecular weight excluding hydrogens is 640 g/mol. The van der Waals surface area contributed by atoms with Crippen molar-refractivity contribution >= 4 is 58.9 Å². The average Bonchev–Trinajstić information content (AvgIpc) is 3.00. The topological polar surface area (TPSA) is 126 Å². The fraction of sp³-hybridized carbons (Fsp3) is 0.161. The van der Waals surface area contributed by atoms with Gasteiger partial charge in [0.05, 0.1) is 21.2 Å². The molecule has 0 atom stereocenters. The third kappa shape index (κ3) is 10.9. The van der Waals surface area contributed by atoms with Crippen molar-refractivity contribution < 1.29 is 26.4 Å². The second-order valence-corrected chi connectivity index (χ2v) is 11.4. The Kier molecular flexibility index (Phi) is 15.4. The Morgan fingerprint density at radius 2 is 0.762 bits per heavy atom. The van der Waals surface area contributed by atoms with E-state index in [1.165, 1.54) is 38.1 Å². The van der Waals surface area contributed by atoms with Crippen LogP contribution in [0.25, 0.3) is 0 Å². The molecule has 11 heteroatoms. The molecule has 0 unspecified atom stereocenters. The number of nitrogens with one attached hydrogen (secondary N) is 2. The number of hydrogen-bond acceptors (Lipinski definition) is 6. The first kappa shape index (κ1) is 36.2. The lowest BCUT2D eigenvalue weighted by Crippen LogP contribution is -2.14. The van der Waals surface area contributed by atoms with Gasteiger partial charge in [0.2, 0.25) is 0 Å². The van der Waals surface area contributed by atoms with E-state index in [4.69, 9.17) is 0 Å². The number of rotatable bonds is 8. The van der Waals surface area contributed by atoms with Crippen molar-refractivity contribution in [2.24, 2.45) is 0 Å². The normalized spacial score (nSPS) is 10.2. The molecule has 0 fully saturated rings. The predicted octanol–water partition coefficient (Wildman–Crippen LogP) is 7.42. The number of ketones is 2. The van der Waals surface area contributed by atoms with E-state index in [2.05, 4.69) is 25.4 Å². The fourth-order valence-corrected chi connectivity index (χ4v) is 5.57. The molecule has 0 bridgehead atoms. The van der Waals surface area contributed by atoms with E-state index in [1.54, 1.807) is 84.9 Å². The van der Waals surface area contributed by atoms with Crippen LogP contribution in [0, 0.1) is 0 Å². The van der Waals surface area contributed by atoms with Crippen molar-refractivity contribution in [3.63, 3.8) is 0 Å². The number of alkyl halides is 1. The van der Waals surface area contributed by atoms with Crippen molar-refractivity contribution in [3.05, 3.63) is 120 Å². The zero-order chi connectivity index (χ0) is 31.8. The third-order valence-electron chi connectivity index (χ3n) is 5.21. The number of halogens is 1. The molecule has 0 aliphatic rings. The third-order valence-corrected chi connectivity index (χ3v) is 7.97. The first-order valence-corrected chi connectivity index (χ1v) is 17.3. The maximum atomic E-state index is 12.2. The van der Waals surface area contributed by atoms with Gasteiger partial charge in [0.15, 0.2) is 11.6 Å². The summed E-state index contributed by atoms with van der Waals surface area (Å²) < 4.78 is 53.5. The van der Waals surface area contributed by atoms with Crippen molar-refractivity contribution in [1.82, 2.24) is 0 Å². The van der Waals surface area contributed by atoms with Gasteiger partial charge in [-0.15, -0.1) is 0 Å². The number of sulfonamides is 2. The van der Waals surface area contributed by atoms with Crippen molar-refractivity contribution in [2.45, 2.75) is 37.5 Å². The molecule has 224 valence electrons. The van der Waals surface area contributed by atoms with E-state index in [0.717, 1.165) is 0 Å². The standard InChI is InChI=1S/2C14H13NO3S.C2H6.CH3Br/c2*1-11(16)13-9-5-6-10-14(13)15-19(17,18)12-7-3-2-4-8-12;2*1-2/h2*2-10,15H,1H3;1-2H3;1H3. The largest absolute Gasteiger partial charge is 0.294 e. The quantitative estimate of drug-likeness (QED) is 0.148. The molecule has 0 spiro atoms. The number of benzene rings is 4. The number of para-hydroxylation sites is 2. The van der Waals surface area contributed by atoms with Crippen LogP contribution >= 0.6 is 15.9 Å². The molecule has 4 aromatic carbocycles. The van der Waals surface area contributed by atoms with Gasteiger partial charge < -0.3 is 0 Å². The molecule has 0 aliphatic heterocycles. The Balaban J connectivity index is 0.000000376. The second-order valence-electron chi connectivity index (χ2n) is 8.04.